The summed E-state index contributed by atoms with van der Waals surface area (Å²) in [7, 11) is 0. The molecule has 0 aromatic heterocycles. The Labute approximate surface area is 284 Å². The summed E-state index contributed by atoms with van der Waals surface area (Å²) < 4.78 is 40.4. The Morgan fingerprint density at radius 2 is 1.49 bits per heavy atom. The highest BCUT2D eigenvalue weighted by atomic mass is 16.6. The molecule has 272 valence electrons. The van der Waals surface area contributed by atoms with E-state index in [1.54, 1.807) is 6.92 Å². The van der Waals surface area contributed by atoms with Crippen LogP contribution in [0.5, 0.6) is 0 Å². The second-order valence-corrected chi connectivity index (χ2v) is 13.1. The number of fused-ring (bicyclic) bond motifs is 2. The molecule has 1 aliphatic heterocycles. The van der Waals surface area contributed by atoms with Gasteiger partial charge in [-0.3, -0.25) is 33.6 Å². The van der Waals surface area contributed by atoms with E-state index in [1.807, 2.05) is 0 Å². The van der Waals surface area contributed by atoms with Gasteiger partial charge in [-0.15, -0.1) is 0 Å². The van der Waals surface area contributed by atoms with Crippen molar-refractivity contribution in [2.24, 2.45) is 17.3 Å². The Balaban J connectivity index is 2.57. The second-order valence-electron chi connectivity index (χ2n) is 13.1. The van der Waals surface area contributed by atoms with Gasteiger partial charge in [-0.25, -0.2) is 0 Å². The van der Waals surface area contributed by atoms with Crippen molar-refractivity contribution in [2.45, 2.75) is 123 Å². The van der Waals surface area contributed by atoms with Gasteiger partial charge in [0.1, 0.15) is 31.0 Å². The fourth-order valence-corrected chi connectivity index (χ4v) is 7.32. The summed E-state index contributed by atoms with van der Waals surface area (Å²) in [6.07, 6.45) is -3.34. The number of hydrogen-bond acceptors (Lipinski definition) is 15. The van der Waals surface area contributed by atoms with Crippen LogP contribution in [0.15, 0.2) is 23.8 Å². The highest BCUT2D eigenvalue weighted by Crippen LogP contribution is 2.59. The maximum atomic E-state index is 13.3. The number of hydrogen-bond donors (Lipinski definition) is 1. The van der Waals surface area contributed by atoms with Gasteiger partial charge < -0.3 is 38.3 Å². The summed E-state index contributed by atoms with van der Waals surface area (Å²) in [5.41, 5.74) is -6.07. The highest BCUT2D eigenvalue weighted by Gasteiger charge is 2.74. The van der Waals surface area contributed by atoms with Crippen molar-refractivity contribution in [2.75, 3.05) is 6.61 Å². The smallest absolute Gasteiger partial charge is 0.312 e. The molecule has 1 saturated heterocycles. The molecule has 2 aliphatic carbocycles. The van der Waals surface area contributed by atoms with Crippen molar-refractivity contribution < 1.29 is 71.8 Å². The second kappa shape index (κ2) is 15.1. The van der Waals surface area contributed by atoms with Crippen molar-refractivity contribution in [3.8, 4) is 0 Å². The van der Waals surface area contributed by atoms with Crippen LogP contribution in [0.3, 0.4) is 0 Å². The topological polar surface area (TPSA) is 204 Å². The van der Waals surface area contributed by atoms with Gasteiger partial charge in [-0.1, -0.05) is 19.9 Å². The molecule has 1 heterocycles. The maximum absolute atomic E-state index is 13.3. The zero-order valence-corrected chi connectivity index (χ0v) is 29.3. The molecule has 0 unspecified atom stereocenters. The lowest BCUT2D eigenvalue weighted by molar-refractivity contribution is -0.290. The zero-order chi connectivity index (χ0) is 37.1. The van der Waals surface area contributed by atoms with Crippen LogP contribution in [0.1, 0.15) is 81.6 Å². The largest absolute Gasteiger partial charge is 0.462 e. The fourth-order valence-electron chi connectivity index (χ4n) is 7.32. The van der Waals surface area contributed by atoms with Gasteiger partial charge in [0.05, 0.1) is 17.3 Å². The van der Waals surface area contributed by atoms with E-state index in [0.29, 0.717) is 6.42 Å². The molecule has 10 atom stereocenters. The molecule has 0 amide bonds. The summed E-state index contributed by atoms with van der Waals surface area (Å²) in [6.45, 7) is 11.2. The minimum atomic E-state index is -2.46. The molecular formula is C34H46O15. The molecule has 3 rings (SSSR count). The Bertz CT molecular complexity index is 1420. The molecule has 0 aromatic rings. The van der Waals surface area contributed by atoms with E-state index in [9.17, 15) is 38.7 Å². The van der Waals surface area contributed by atoms with Crippen LogP contribution in [0.2, 0.25) is 0 Å². The van der Waals surface area contributed by atoms with Gasteiger partial charge in [0, 0.05) is 47.5 Å². The van der Waals surface area contributed by atoms with Crippen LogP contribution in [-0.4, -0.2) is 95.2 Å². The van der Waals surface area contributed by atoms with E-state index in [2.05, 4.69) is 0 Å². The van der Waals surface area contributed by atoms with E-state index in [1.165, 1.54) is 45.9 Å². The minimum absolute atomic E-state index is 0.0275. The first kappa shape index (κ1) is 39.2. The van der Waals surface area contributed by atoms with Crippen molar-refractivity contribution in [1.29, 1.82) is 0 Å². The molecule has 15 heteroatoms. The number of carbonyl (C=O) groups is 7. The molecular weight excluding hydrogens is 648 g/mol. The average molecular weight is 695 g/mol. The molecule has 0 bridgehead atoms. The van der Waals surface area contributed by atoms with Crippen LogP contribution in [0, 0.1) is 17.3 Å². The van der Waals surface area contributed by atoms with Gasteiger partial charge in [0.2, 0.25) is 0 Å². The molecule has 2 fully saturated rings. The Morgan fingerprint density at radius 1 is 0.878 bits per heavy atom. The summed E-state index contributed by atoms with van der Waals surface area (Å²) >= 11 is 0. The SMILES string of the molecule is CCCC(=O)O[C@@H]1C[C@H](OC(C)=O)[C@]2(C)[C@H](OC(C)=O)/C=C\C(COC(C)=O)=C/[C@@H]3OC(=O)[C@H](C)[C@@]3(O)[C@H](OC(C)=O)[C@H]2[C@]1(C)OC(C)=O. The first-order chi connectivity index (χ1) is 22.7. The first-order valence-corrected chi connectivity index (χ1v) is 16.1. The van der Waals surface area contributed by atoms with Gasteiger partial charge in [0.15, 0.2) is 17.3 Å². The normalized spacial score (nSPS) is 37.0. The third kappa shape index (κ3) is 7.97. The minimum Gasteiger partial charge on any atom is -0.462 e. The van der Waals surface area contributed by atoms with Crippen molar-refractivity contribution >= 4 is 41.8 Å². The maximum Gasteiger partial charge on any atom is 0.312 e. The molecule has 0 radical (unpaired) electrons. The van der Waals surface area contributed by atoms with Crippen LogP contribution in [0.25, 0.3) is 0 Å². The van der Waals surface area contributed by atoms with Crippen LogP contribution >= 0.6 is 0 Å². The van der Waals surface area contributed by atoms with Gasteiger partial charge in [-0.2, -0.15) is 0 Å². The van der Waals surface area contributed by atoms with Crippen LogP contribution < -0.4 is 0 Å². The third-order valence-electron chi connectivity index (χ3n) is 9.44. The van der Waals surface area contributed by atoms with Crippen molar-refractivity contribution in [1.82, 2.24) is 0 Å². The summed E-state index contributed by atoms with van der Waals surface area (Å²) in [6, 6.07) is 0. The highest BCUT2D eigenvalue weighted by molar-refractivity contribution is 5.78. The molecule has 0 aromatic carbocycles. The number of ether oxygens (including phenoxy) is 7. The van der Waals surface area contributed by atoms with E-state index in [4.69, 9.17) is 33.2 Å². The molecule has 0 spiro atoms. The molecule has 1 saturated carbocycles. The van der Waals surface area contributed by atoms with E-state index in [-0.39, 0.29) is 25.0 Å². The van der Waals surface area contributed by atoms with E-state index in [0.717, 1.165) is 27.7 Å². The lowest BCUT2D eigenvalue weighted by Gasteiger charge is -2.61. The predicted octanol–water partition coefficient (Wildman–Crippen LogP) is 2.19. The van der Waals surface area contributed by atoms with E-state index < -0.39 is 101 Å². The Morgan fingerprint density at radius 3 is 2.02 bits per heavy atom. The number of esters is 7. The average Bonchev–Trinajstić information content (AvgIpc) is 3.18. The van der Waals surface area contributed by atoms with Gasteiger partial charge in [-0.05, 0) is 38.0 Å². The van der Waals surface area contributed by atoms with Crippen LogP contribution in [-0.2, 0) is 66.7 Å². The fraction of sp³-hybridized carbons (Fsp3) is 0.676. The number of carbonyl (C=O) groups excluding carboxylic acids is 7. The molecule has 1 N–H and O–H groups in total. The lowest BCUT2D eigenvalue weighted by Crippen LogP contribution is -2.75. The summed E-state index contributed by atoms with van der Waals surface area (Å²) in [5.74, 6) is -8.57. The number of rotatable bonds is 9. The van der Waals surface area contributed by atoms with Crippen molar-refractivity contribution in [3.05, 3.63) is 23.8 Å². The predicted molar refractivity (Wildman–Crippen MR) is 166 cm³/mol. The van der Waals surface area contributed by atoms with Gasteiger partial charge in [0.25, 0.3) is 0 Å². The molecule has 3 aliphatic rings. The molecule has 15 nitrogen and oxygen atoms in total. The van der Waals surface area contributed by atoms with Gasteiger partial charge >= 0.3 is 41.8 Å². The van der Waals surface area contributed by atoms with Crippen LogP contribution in [0.4, 0.5) is 0 Å². The third-order valence-corrected chi connectivity index (χ3v) is 9.44. The van der Waals surface area contributed by atoms with E-state index >= 15 is 0 Å². The lowest BCUT2D eigenvalue weighted by atomic mass is 9.51. The quantitative estimate of drug-likeness (QED) is 0.271. The molecule has 49 heavy (non-hydrogen) atoms. The Kier molecular flexibility index (Phi) is 12.1. The summed E-state index contributed by atoms with van der Waals surface area (Å²) in [4.78, 5) is 89.4. The van der Waals surface area contributed by atoms with Crippen molar-refractivity contribution in [3.63, 3.8) is 0 Å². The Hall–Kier alpha value is -4.27. The standard InChI is InChI=1S/C34H46O15/c1-10-11-28(40)47-26-15-25(45-20(5)37)32(8)24(44-19(4)36)13-12-23(16-43-18(3)35)14-27-34(42,17(2)31(41)48-27)30(46-21(6)38)29(32)33(26,9)49-22(7)39/h12-14,17,24-27,29-30,42H,10-11,15-16H2,1-9H3/b13-12-,23-14+/t17-,24+,25-,26+,27-,29+,30+,32-,33+,34-/m0/s1. The summed E-state index contributed by atoms with van der Waals surface area (Å²) in [5, 5.41) is 12.8. The monoisotopic (exact) mass is 694 g/mol. The number of aliphatic hydroxyl groups is 1. The zero-order valence-electron chi connectivity index (χ0n) is 29.3. The first-order valence-electron chi connectivity index (χ1n) is 16.1.